The zero-order chi connectivity index (χ0) is 18.8. The van der Waals surface area contributed by atoms with Crippen molar-refractivity contribution in [2.75, 3.05) is 7.11 Å². The fourth-order valence-corrected chi connectivity index (χ4v) is 3.78. The number of rotatable bonds is 3. The van der Waals surface area contributed by atoms with E-state index in [9.17, 15) is 14.0 Å². The Labute approximate surface area is 153 Å². The van der Waals surface area contributed by atoms with Gasteiger partial charge in [0.1, 0.15) is 12.4 Å². The van der Waals surface area contributed by atoms with Gasteiger partial charge in [-0.25, -0.2) is 4.39 Å². The largest absolute Gasteiger partial charge is 0.468 e. The maximum absolute atomic E-state index is 13.5. The minimum Gasteiger partial charge on any atom is -0.468 e. The first-order valence-corrected chi connectivity index (χ1v) is 8.72. The minimum absolute atomic E-state index is 0.110. The van der Waals surface area contributed by atoms with Crippen molar-refractivity contribution in [1.82, 2.24) is 4.57 Å². The fraction of sp³-hybridized carbons (Fsp3) is 0.211. The number of ether oxygens (including phenoxy) is 1. The average Bonchev–Trinajstić information content (AvgIpc) is 2.90. The van der Waals surface area contributed by atoms with Crippen molar-refractivity contribution >= 4 is 33.4 Å². The molecule has 0 spiro atoms. The third-order valence-corrected chi connectivity index (χ3v) is 4.87. The molecule has 0 saturated carbocycles. The molecule has 0 saturated heterocycles. The maximum Gasteiger partial charge on any atom is 0.325 e. The zero-order valence-electron chi connectivity index (χ0n) is 14.6. The van der Waals surface area contributed by atoms with Gasteiger partial charge in [-0.05, 0) is 44.2 Å². The average molecular weight is 372 g/mol. The summed E-state index contributed by atoms with van der Waals surface area (Å²) >= 11 is 1.15. The second kappa shape index (κ2) is 7.21. The molecule has 5 nitrogen and oxygen atoms in total. The summed E-state index contributed by atoms with van der Waals surface area (Å²) in [6.07, 6.45) is 0. The number of methoxy groups -OCH3 is 1. The first-order chi connectivity index (χ1) is 12.4. The van der Waals surface area contributed by atoms with Crippen LogP contribution in [0.15, 0.2) is 41.4 Å². The standard InChI is InChI=1S/C19H17FN2O3S/c1-11-6-12(2)8-13(7-11)18(24)21-19-22(10-17(23)25-3)15-5-4-14(20)9-16(15)26-19/h4-9H,10H2,1-3H3. The third-order valence-electron chi connectivity index (χ3n) is 3.83. The molecule has 0 aliphatic rings. The van der Waals surface area contributed by atoms with Gasteiger partial charge in [-0.1, -0.05) is 28.5 Å². The number of halogens is 1. The Balaban J connectivity index is 2.15. The van der Waals surface area contributed by atoms with Gasteiger partial charge in [0.2, 0.25) is 0 Å². The summed E-state index contributed by atoms with van der Waals surface area (Å²) in [5, 5.41) is 0. The molecule has 0 radical (unpaired) electrons. The van der Waals surface area contributed by atoms with Crippen LogP contribution in [0.1, 0.15) is 21.5 Å². The van der Waals surface area contributed by atoms with E-state index in [4.69, 9.17) is 4.74 Å². The monoisotopic (exact) mass is 372 g/mol. The number of carbonyl (C=O) groups is 2. The molecular formula is C19H17FN2O3S. The number of fused-ring (bicyclic) bond motifs is 1. The molecule has 134 valence electrons. The highest BCUT2D eigenvalue weighted by Crippen LogP contribution is 2.19. The molecule has 0 unspecified atom stereocenters. The van der Waals surface area contributed by atoms with Crippen molar-refractivity contribution in [3.8, 4) is 0 Å². The van der Waals surface area contributed by atoms with E-state index in [0.29, 0.717) is 20.6 Å². The normalized spacial score (nSPS) is 11.8. The van der Waals surface area contributed by atoms with Crippen molar-refractivity contribution < 1.29 is 18.7 Å². The highest BCUT2D eigenvalue weighted by Gasteiger charge is 2.13. The number of amides is 1. The number of hydrogen-bond acceptors (Lipinski definition) is 4. The van der Waals surface area contributed by atoms with Crippen molar-refractivity contribution in [2.45, 2.75) is 20.4 Å². The van der Waals surface area contributed by atoms with Gasteiger partial charge in [0.05, 0.1) is 17.3 Å². The Hall–Kier alpha value is -2.80. The van der Waals surface area contributed by atoms with E-state index in [2.05, 4.69) is 4.99 Å². The smallest absolute Gasteiger partial charge is 0.325 e. The van der Waals surface area contributed by atoms with E-state index in [1.165, 1.54) is 19.2 Å². The molecule has 1 aromatic heterocycles. The topological polar surface area (TPSA) is 60.7 Å². The predicted octanol–water partition coefficient (Wildman–Crippen LogP) is 3.37. The third kappa shape index (κ3) is 3.72. The van der Waals surface area contributed by atoms with Gasteiger partial charge in [0, 0.05) is 5.56 Å². The predicted molar refractivity (Wildman–Crippen MR) is 97.6 cm³/mol. The van der Waals surface area contributed by atoms with Gasteiger partial charge < -0.3 is 9.30 Å². The number of aryl methyl sites for hydroxylation is 2. The number of nitrogens with zero attached hydrogens (tertiary/aromatic N) is 2. The molecule has 7 heteroatoms. The van der Waals surface area contributed by atoms with E-state index >= 15 is 0 Å². The molecule has 0 bridgehead atoms. The minimum atomic E-state index is -0.477. The first-order valence-electron chi connectivity index (χ1n) is 7.90. The molecule has 0 aliphatic heterocycles. The Morgan fingerprint density at radius 1 is 1.15 bits per heavy atom. The molecule has 1 heterocycles. The summed E-state index contributed by atoms with van der Waals surface area (Å²) in [5.41, 5.74) is 3.01. The van der Waals surface area contributed by atoms with Crippen LogP contribution in [-0.2, 0) is 16.1 Å². The van der Waals surface area contributed by atoms with Gasteiger partial charge in [0.15, 0.2) is 4.80 Å². The van der Waals surface area contributed by atoms with Crippen molar-refractivity contribution in [3.05, 3.63) is 63.7 Å². The lowest BCUT2D eigenvalue weighted by Gasteiger charge is -2.04. The van der Waals surface area contributed by atoms with Gasteiger partial charge in [-0.2, -0.15) is 4.99 Å². The fourth-order valence-electron chi connectivity index (χ4n) is 2.73. The summed E-state index contributed by atoms with van der Waals surface area (Å²) in [6, 6.07) is 9.71. The van der Waals surface area contributed by atoms with Gasteiger partial charge in [-0.15, -0.1) is 0 Å². The molecular weight excluding hydrogens is 355 g/mol. The quantitative estimate of drug-likeness (QED) is 0.662. The van der Waals surface area contributed by atoms with Crippen LogP contribution in [0.5, 0.6) is 0 Å². The summed E-state index contributed by atoms with van der Waals surface area (Å²) in [5.74, 6) is -1.28. The molecule has 3 aromatic rings. The number of hydrogen-bond donors (Lipinski definition) is 0. The number of aromatic nitrogens is 1. The van der Waals surface area contributed by atoms with Crippen LogP contribution in [0, 0.1) is 19.7 Å². The van der Waals surface area contributed by atoms with Gasteiger partial charge in [0.25, 0.3) is 5.91 Å². The molecule has 3 rings (SSSR count). The van der Waals surface area contributed by atoms with Gasteiger partial charge in [-0.3, -0.25) is 9.59 Å². The maximum atomic E-state index is 13.5. The molecule has 26 heavy (non-hydrogen) atoms. The van der Waals surface area contributed by atoms with E-state index in [-0.39, 0.29) is 6.54 Å². The highest BCUT2D eigenvalue weighted by molar-refractivity contribution is 7.16. The van der Waals surface area contributed by atoms with E-state index in [0.717, 1.165) is 22.5 Å². The van der Waals surface area contributed by atoms with Crippen molar-refractivity contribution in [3.63, 3.8) is 0 Å². The lowest BCUT2D eigenvalue weighted by molar-refractivity contribution is -0.141. The Kier molecular flexibility index (Phi) is 4.99. The number of carbonyl (C=O) groups excluding carboxylic acids is 2. The second-order valence-electron chi connectivity index (χ2n) is 5.95. The van der Waals surface area contributed by atoms with Crippen LogP contribution in [0.3, 0.4) is 0 Å². The zero-order valence-corrected chi connectivity index (χ0v) is 15.4. The molecule has 2 aromatic carbocycles. The Morgan fingerprint density at radius 3 is 2.50 bits per heavy atom. The van der Waals surface area contributed by atoms with Crippen molar-refractivity contribution in [2.24, 2.45) is 4.99 Å². The summed E-state index contributed by atoms with van der Waals surface area (Å²) in [7, 11) is 1.29. The molecule has 1 amide bonds. The van der Waals surface area contributed by atoms with E-state index in [1.54, 1.807) is 22.8 Å². The van der Waals surface area contributed by atoms with Gasteiger partial charge >= 0.3 is 5.97 Å². The molecule has 0 fully saturated rings. The SMILES string of the molecule is COC(=O)Cn1c(=NC(=O)c2cc(C)cc(C)c2)sc2cc(F)ccc21. The van der Waals surface area contributed by atoms with Crippen LogP contribution in [0.4, 0.5) is 4.39 Å². The van der Waals surface area contributed by atoms with Crippen LogP contribution in [0.25, 0.3) is 10.2 Å². The van der Waals surface area contributed by atoms with Crippen LogP contribution >= 0.6 is 11.3 Å². The number of esters is 1. The molecule has 0 aliphatic carbocycles. The number of benzene rings is 2. The molecule has 0 atom stereocenters. The van der Waals surface area contributed by atoms with Crippen LogP contribution < -0.4 is 4.80 Å². The van der Waals surface area contributed by atoms with E-state index in [1.807, 2.05) is 19.9 Å². The first kappa shape index (κ1) is 18.0. The Bertz CT molecular complexity index is 1060. The molecule has 0 N–H and O–H groups in total. The summed E-state index contributed by atoms with van der Waals surface area (Å²) in [4.78, 5) is 28.9. The summed E-state index contributed by atoms with van der Waals surface area (Å²) in [6.45, 7) is 3.70. The van der Waals surface area contributed by atoms with Crippen LogP contribution in [0.2, 0.25) is 0 Å². The highest BCUT2D eigenvalue weighted by atomic mass is 32.1. The lowest BCUT2D eigenvalue weighted by Crippen LogP contribution is -2.22. The lowest BCUT2D eigenvalue weighted by atomic mass is 10.1. The number of thiazole rings is 1. The van der Waals surface area contributed by atoms with Crippen LogP contribution in [-0.4, -0.2) is 23.6 Å². The Morgan fingerprint density at radius 2 is 1.85 bits per heavy atom. The summed E-state index contributed by atoms with van der Waals surface area (Å²) < 4.78 is 20.4. The second-order valence-corrected chi connectivity index (χ2v) is 6.96. The van der Waals surface area contributed by atoms with E-state index < -0.39 is 17.7 Å². The van der Waals surface area contributed by atoms with Crippen molar-refractivity contribution in [1.29, 1.82) is 0 Å².